The van der Waals surface area contributed by atoms with Crippen LogP contribution in [0.4, 0.5) is 0 Å². The number of rotatable bonds is 5. The molecule has 0 saturated carbocycles. The van der Waals surface area contributed by atoms with E-state index < -0.39 is 5.54 Å². The Morgan fingerprint density at radius 3 is 2.76 bits per heavy atom. The maximum atomic E-state index is 11.1. The average molecular weight is 258 g/mol. The van der Waals surface area contributed by atoms with Gasteiger partial charge in [0.15, 0.2) is 0 Å². The van der Waals surface area contributed by atoms with E-state index in [0.29, 0.717) is 12.5 Å². The van der Waals surface area contributed by atoms with E-state index in [1.54, 1.807) is 13.8 Å². The first-order chi connectivity index (χ1) is 7.87. The highest BCUT2D eigenvalue weighted by molar-refractivity contribution is 7.80. The van der Waals surface area contributed by atoms with Gasteiger partial charge in [-0.1, -0.05) is 32.0 Å². The van der Waals surface area contributed by atoms with E-state index >= 15 is 0 Å². The smallest absolute Gasteiger partial charge is 0.220 e. The van der Waals surface area contributed by atoms with Crippen molar-refractivity contribution in [2.45, 2.75) is 64.5 Å². The maximum Gasteiger partial charge on any atom is 0.220 e. The third-order valence-corrected chi connectivity index (χ3v) is 4.03. The molecule has 1 heterocycles. The lowest BCUT2D eigenvalue weighted by Crippen LogP contribution is -2.50. The number of nitrogens with one attached hydrogen (secondary N) is 1. The second-order valence-electron chi connectivity index (χ2n) is 5.45. The molecular formula is C12H22N2O2S. The van der Waals surface area contributed by atoms with Crippen molar-refractivity contribution >= 4 is 17.2 Å². The monoisotopic (exact) mass is 258 g/mol. The predicted molar refractivity (Wildman–Crippen MR) is 72.8 cm³/mol. The Morgan fingerprint density at radius 1 is 1.59 bits per heavy atom. The topological polar surface area (TPSA) is 55.2 Å². The van der Waals surface area contributed by atoms with Crippen molar-refractivity contribution in [2.24, 2.45) is 5.92 Å². The molecule has 1 N–H and O–H groups in total. The quantitative estimate of drug-likeness (QED) is 0.468. The molecule has 1 rings (SSSR count). The third-order valence-electron chi connectivity index (χ3n) is 3.74. The van der Waals surface area contributed by atoms with Crippen molar-refractivity contribution in [1.29, 1.82) is 0 Å². The van der Waals surface area contributed by atoms with Crippen LogP contribution >= 0.6 is 12.2 Å². The number of nitro groups is 1. The van der Waals surface area contributed by atoms with Gasteiger partial charge in [0.2, 0.25) is 5.54 Å². The first-order valence-electron chi connectivity index (χ1n) is 6.31. The van der Waals surface area contributed by atoms with E-state index in [4.69, 9.17) is 12.2 Å². The molecule has 4 nitrogen and oxygen atoms in total. The molecule has 5 heteroatoms. The van der Waals surface area contributed by atoms with E-state index in [9.17, 15) is 10.1 Å². The molecule has 0 unspecified atom stereocenters. The van der Waals surface area contributed by atoms with Gasteiger partial charge in [-0.3, -0.25) is 10.1 Å². The van der Waals surface area contributed by atoms with E-state index in [1.165, 1.54) is 0 Å². The Hall–Kier alpha value is -0.710. The normalized spacial score (nSPS) is 25.5. The lowest BCUT2D eigenvalue weighted by atomic mass is 9.78. The minimum Gasteiger partial charge on any atom is -0.377 e. The first kappa shape index (κ1) is 14.4. The van der Waals surface area contributed by atoms with E-state index in [2.05, 4.69) is 12.2 Å². The van der Waals surface area contributed by atoms with Crippen molar-refractivity contribution < 1.29 is 4.92 Å². The van der Waals surface area contributed by atoms with Crippen LogP contribution in [0.5, 0.6) is 0 Å². The standard InChI is InChI=1S/C12H22N2O2S/c1-4-5-6-10-7-9(8-11(17)13-10)12(2,3)14(15)16/h9-10H,4-8H2,1-3H3,(H,13,17)/t9-,10-/m1/s1. The minimum absolute atomic E-state index is 0.0492. The van der Waals surface area contributed by atoms with Crippen molar-refractivity contribution in [3.8, 4) is 0 Å². The molecule has 0 aromatic heterocycles. The molecule has 0 aromatic carbocycles. The van der Waals surface area contributed by atoms with Gasteiger partial charge in [0.1, 0.15) is 0 Å². The van der Waals surface area contributed by atoms with Gasteiger partial charge in [0.25, 0.3) is 0 Å². The third kappa shape index (κ3) is 3.63. The fourth-order valence-electron chi connectivity index (χ4n) is 2.32. The zero-order valence-electron chi connectivity index (χ0n) is 10.9. The van der Waals surface area contributed by atoms with Gasteiger partial charge in [0.05, 0.1) is 4.99 Å². The van der Waals surface area contributed by atoms with Crippen LogP contribution in [-0.4, -0.2) is 21.5 Å². The molecule has 1 aliphatic heterocycles. The molecule has 1 aliphatic rings. The summed E-state index contributed by atoms with van der Waals surface area (Å²) in [6.45, 7) is 5.57. The fraction of sp³-hybridized carbons (Fsp3) is 0.917. The summed E-state index contributed by atoms with van der Waals surface area (Å²) in [4.78, 5) is 11.7. The lowest BCUT2D eigenvalue weighted by Gasteiger charge is -2.36. The van der Waals surface area contributed by atoms with Crippen molar-refractivity contribution in [3.63, 3.8) is 0 Å². The average Bonchev–Trinajstić information content (AvgIpc) is 2.25. The second-order valence-corrected chi connectivity index (χ2v) is 5.95. The fourth-order valence-corrected chi connectivity index (χ4v) is 2.69. The van der Waals surface area contributed by atoms with Gasteiger partial charge < -0.3 is 5.32 Å². The van der Waals surface area contributed by atoms with Crippen LogP contribution in [-0.2, 0) is 0 Å². The summed E-state index contributed by atoms with van der Waals surface area (Å²) in [5.74, 6) is 0.0492. The maximum absolute atomic E-state index is 11.1. The van der Waals surface area contributed by atoms with E-state index in [0.717, 1.165) is 30.7 Å². The van der Waals surface area contributed by atoms with Crippen molar-refractivity contribution in [2.75, 3.05) is 0 Å². The summed E-state index contributed by atoms with van der Waals surface area (Å²) in [5.41, 5.74) is -0.878. The minimum atomic E-state index is -0.878. The number of hydrogen-bond donors (Lipinski definition) is 1. The number of piperidine rings is 1. The van der Waals surface area contributed by atoms with Crippen LogP contribution in [0.1, 0.15) is 52.9 Å². The summed E-state index contributed by atoms with van der Waals surface area (Å²) in [6, 6.07) is 0.320. The molecular weight excluding hydrogens is 236 g/mol. The Kier molecular flexibility index (Phi) is 4.86. The van der Waals surface area contributed by atoms with Crippen LogP contribution < -0.4 is 5.32 Å². The number of hydrogen-bond acceptors (Lipinski definition) is 3. The van der Waals surface area contributed by atoms with Crippen LogP contribution in [0.15, 0.2) is 0 Å². The summed E-state index contributed by atoms with van der Waals surface area (Å²) < 4.78 is 0. The van der Waals surface area contributed by atoms with Crippen molar-refractivity contribution in [3.05, 3.63) is 10.1 Å². The molecule has 0 spiro atoms. The van der Waals surface area contributed by atoms with Crippen LogP contribution in [0, 0.1) is 16.0 Å². The highest BCUT2D eigenvalue weighted by Gasteiger charge is 2.44. The molecule has 0 amide bonds. The van der Waals surface area contributed by atoms with Gasteiger partial charge in [-0.15, -0.1) is 0 Å². The summed E-state index contributed by atoms with van der Waals surface area (Å²) in [7, 11) is 0. The lowest BCUT2D eigenvalue weighted by molar-refractivity contribution is -0.571. The Bertz CT molecular complexity index is 305. The van der Waals surface area contributed by atoms with Gasteiger partial charge in [-0.2, -0.15) is 0 Å². The van der Waals surface area contributed by atoms with Crippen LogP contribution in [0.3, 0.4) is 0 Å². The largest absolute Gasteiger partial charge is 0.377 e. The number of thiocarbonyl (C=S) groups is 1. The van der Waals surface area contributed by atoms with Gasteiger partial charge >= 0.3 is 0 Å². The Labute approximate surface area is 108 Å². The van der Waals surface area contributed by atoms with Crippen LogP contribution in [0.25, 0.3) is 0 Å². The summed E-state index contributed by atoms with van der Waals surface area (Å²) in [6.07, 6.45) is 4.85. The molecule has 1 saturated heterocycles. The zero-order chi connectivity index (χ0) is 13.1. The zero-order valence-corrected chi connectivity index (χ0v) is 11.7. The highest BCUT2D eigenvalue weighted by atomic mass is 32.1. The van der Waals surface area contributed by atoms with E-state index in [1.807, 2.05) is 0 Å². The second kappa shape index (κ2) is 5.76. The summed E-state index contributed by atoms with van der Waals surface area (Å²) >= 11 is 5.23. The SMILES string of the molecule is CCCC[C@@H]1C[C@@H](C(C)(C)[N+](=O)[O-])CC(=S)N1. The Balaban J connectivity index is 2.68. The molecule has 0 aromatic rings. The number of unbranched alkanes of at least 4 members (excludes halogenated alkanes) is 1. The highest BCUT2D eigenvalue weighted by Crippen LogP contribution is 2.32. The number of nitrogens with zero attached hydrogens (tertiary/aromatic N) is 1. The van der Waals surface area contributed by atoms with Gasteiger partial charge in [-0.05, 0) is 12.8 Å². The first-order valence-corrected chi connectivity index (χ1v) is 6.72. The van der Waals surface area contributed by atoms with Gasteiger partial charge in [0, 0.05) is 37.2 Å². The van der Waals surface area contributed by atoms with Gasteiger partial charge in [-0.25, -0.2) is 0 Å². The predicted octanol–water partition coefficient (Wildman–Crippen LogP) is 2.93. The molecule has 0 aliphatic carbocycles. The molecule has 1 fully saturated rings. The molecule has 0 radical (unpaired) electrons. The molecule has 2 atom stereocenters. The van der Waals surface area contributed by atoms with E-state index in [-0.39, 0.29) is 10.8 Å². The van der Waals surface area contributed by atoms with Crippen LogP contribution in [0.2, 0.25) is 0 Å². The Morgan fingerprint density at radius 2 is 2.24 bits per heavy atom. The molecule has 0 bridgehead atoms. The molecule has 17 heavy (non-hydrogen) atoms. The van der Waals surface area contributed by atoms with Crippen molar-refractivity contribution in [1.82, 2.24) is 5.32 Å². The summed E-state index contributed by atoms with van der Waals surface area (Å²) in [5, 5.41) is 14.4. The molecule has 98 valence electrons.